The van der Waals surface area contributed by atoms with Crippen molar-refractivity contribution in [1.29, 1.82) is 0 Å². The van der Waals surface area contributed by atoms with Crippen molar-refractivity contribution in [3.05, 3.63) is 18.5 Å². The van der Waals surface area contributed by atoms with E-state index < -0.39 is 12.0 Å². The predicted molar refractivity (Wildman–Crippen MR) is 39.8 cm³/mol. The van der Waals surface area contributed by atoms with Gasteiger partial charge in [0.1, 0.15) is 12.7 Å². The lowest BCUT2D eigenvalue weighted by Gasteiger charge is -1.97. The van der Waals surface area contributed by atoms with E-state index in [-0.39, 0.29) is 5.13 Å². The molecular formula is C5H2F3N5S. The molecule has 74 valence electrons. The zero-order valence-electron chi connectivity index (χ0n) is 6.43. The zero-order valence-corrected chi connectivity index (χ0v) is 7.25. The third-order valence-electron chi connectivity index (χ3n) is 1.28. The highest BCUT2D eigenvalue weighted by Crippen LogP contribution is 2.28. The lowest BCUT2D eigenvalue weighted by molar-refractivity contribution is -0.144. The Morgan fingerprint density at radius 3 is 2.64 bits per heavy atom. The summed E-state index contributed by atoms with van der Waals surface area (Å²) >= 11 is 0.613. The second kappa shape index (κ2) is 3.01. The van der Waals surface area contributed by atoms with Gasteiger partial charge in [0.2, 0.25) is 11.0 Å². The van der Waals surface area contributed by atoms with Crippen molar-refractivity contribution in [3.8, 4) is 5.13 Å². The Morgan fingerprint density at radius 2 is 2.14 bits per heavy atom. The molecule has 2 aromatic rings. The third-order valence-corrected chi connectivity index (χ3v) is 1.99. The predicted octanol–water partition coefficient (Wildman–Crippen LogP) is 1.14. The highest BCUT2D eigenvalue weighted by atomic mass is 32.1. The first kappa shape index (κ1) is 9.06. The van der Waals surface area contributed by atoms with Gasteiger partial charge in [-0.3, -0.25) is 0 Å². The quantitative estimate of drug-likeness (QED) is 0.724. The van der Waals surface area contributed by atoms with Crippen molar-refractivity contribution in [2.24, 2.45) is 0 Å². The van der Waals surface area contributed by atoms with Crippen LogP contribution in [0.1, 0.15) is 5.82 Å². The van der Waals surface area contributed by atoms with E-state index in [2.05, 4.69) is 19.4 Å². The van der Waals surface area contributed by atoms with Crippen LogP contribution < -0.4 is 0 Å². The molecule has 0 amide bonds. The van der Waals surface area contributed by atoms with Crippen molar-refractivity contribution in [1.82, 2.24) is 24.1 Å². The van der Waals surface area contributed by atoms with Crippen LogP contribution in [0.4, 0.5) is 13.2 Å². The Labute approximate surface area is 79.4 Å². The first-order valence-corrected chi connectivity index (χ1v) is 4.10. The van der Waals surface area contributed by atoms with Gasteiger partial charge in [-0.2, -0.15) is 32.3 Å². The van der Waals surface area contributed by atoms with E-state index in [0.717, 1.165) is 4.68 Å². The molecule has 2 heterocycles. The number of rotatable bonds is 1. The third kappa shape index (κ3) is 1.58. The van der Waals surface area contributed by atoms with E-state index in [0.29, 0.717) is 11.5 Å². The number of alkyl halides is 3. The van der Waals surface area contributed by atoms with Gasteiger partial charge in [0.05, 0.1) is 0 Å². The molecule has 0 unspecified atom stereocenters. The fourth-order valence-electron chi connectivity index (χ4n) is 0.731. The largest absolute Gasteiger partial charge is 0.452 e. The highest BCUT2D eigenvalue weighted by Gasteiger charge is 2.36. The van der Waals surface area contributed by atoms with Gasteiger partial charge in [-0.05, 0) is 0 Å². The molecule has 0 fully saturated rings. The first-order chi connectivity index (χ1) is 6.57. The number of aromatic nitrogens is 5. The number of hydrogen-bond donors (Lipinski definition) is 0. The normalized spacial score (nSPS) is 11.9. The van der Waals surface area contributed by atoms with E-state index in [1.807, 2.05) is 0 Å². The summed E-state index contributed by atoms with van der Waals surface area (Å²) < 4.78 is 40.5. The maximum Gasteiger partial charge on any atom is 0.452 e. The average molecular weight is 221 g/mol. The van der Waals surface area contributed by atoms with Gasteiger partial charge >= 0.3 is 6.18 Å². The van der Waals surface area contributed by atoms with Crippen molar-refractivity contribution in [3.63, 3.8) is 0 Å². The molecule has 2 rings (SSSR count). The molecule has 0 radical (unpaired) electrons. The standard InChI is InChI=1S/C5H2F3N5S/c6-5(7,8)3-11-4(14-12-3)13-2-9-1-10-13/h1-2H. The van der Waals surface area contributed by atoms with Crippen LogP contribution in [0.5, 0.6) is 0 Å². The fourth-order valence-corrected chi connectivity index (χ4v) is 1.35. The summed E-state index contributed by atoms with van der Waals surface area (Å²) in [7, 11) is 0. The van der Waals surface area contributed by atoms with Crippen LogP contribution in [-0.4, -0.2) is 24.1 Å². The van der Waals surface area contributed by atoms with Crippen molar-refractivity contribution < 1.29 is 13.2 Å². The van der Waals surface area contributed by atoms with Crippen LogP contribution in [0.3, 0.4) is 0 Å². The summed E-state index contributed by atoms with van der Waals surface area (Å²) in [6.07, 6.45) is -2.06. The Balaban J connectivity index is 2.36. The van der Waals surface area contributed by atoms with E-state index >= 15 is 0 Å². The average Bonchev–Trinajstić information content (AvgIpc) is 2.73. The molecule has 5 nitrogen and oxygen atoms in total. The van der Waals surface area contributed by atoms with Gasteiger partial charge in [0.25, 0.3) is 0 Å². The second-order valence-electron chi connectivity index (χ2n) is 2.24. The topological polar surface area (TPSA) is 56.5 Å². The van der Waals surface area contributed by atoms with Crippen LogP contribution in [0.15, 0.2) is 12.7 Å². The van der Waals surface area contributed by atoms with E-state index in [4.69, 9.17) is 0 Å². The number of halogens is 3. The van der Waals surface area contributed by atoms with Gasteiger partial charge in [-0.25, -0.2) is 4.98 Å². The van der Waals surface area contributed by atoms with Crippen molar-refractivity contribution in [2.75, 3.05) is 0 Å². The van der Waals surface area contributed by atoms with Gasteiger partial charge < -0.3 is 0 Å². The van der Waals surface area contributed by atoms with Gasteiger partial charge in [-0.15, -0.1) is 0 Å². The van der Waals surface area contributed by atoms with E-state index in [9.17, 15) is 13.2 Å². The van der Waals surface area contributed by atoms with Gasteiger partial charge in [0.15, 0.2) is 0 Å². The van der Waals surface area contributed by atoms with Crippen LogP contribution >= 0.6 is 11.5 Å². The number of nitrogens with zero attached hydrogens (tertiary/aromatic N) is 5. The SMILES string of the molecule is FC(F)(F)c1nsc(-n2cncn2)n1. The minimum absolute atomic E-state index is 0.0369. The molecule has 0 aromatic carbocycles. The zero-order chi connectivity index (χ0) is 10.2. The summed E-state index contributed by atoms with van der Waals surface area (Å²) in [6, 6.07) is 0. The Morgan fingerprint density at radius 1 is 1.36 bits per heavy atom. The molecule has 0 saturated heterocycles. The summed E-state index contributed by atoms with van der Waals surface area (Å²) in [6.45, 7) is 0. The summed E-state index contributed by atoms with van der Waals surface area (Å²) in [5.41, 5.74) is 0. The molecule has 0 N–H and O–H groups in total. The van der Waals surface area contributed by atoms with E-state index in [1.54, 1.807) is 0 Å². The molecule has 0 aliphatic carbocycles. The highest BCUT2D eigenvalue weighted by molar-refractivity contribution is 7.08. The molecule has 0 aliphatic heterocycles. The van der Waals surface area contributed by atoms with E-state index in [1.165, 1.54) is 12.7 Å². The van der Waals surface area contributed by atoms with Gasteiger partial charge in [-0.1, -0.05) is 0 Å². The molecular weight excluding hydrogens is 219 g/mol. The Hall–Kier alpha value is -1.51. The summed E-state index contributed by atoms with van der Waals surface area (Å²) in [4.78, 5) is 6.85. The minimum Gasteiger partial charge on any atom is -0.223 e. The van der Waals surface area contributed by atoms with Crippen LogP contribution in [0, 0.1) is 0 Å². The Kier molecular flexibility index (Phi) is 1.95. The molecule has 14 heavy (non-hydrogen) atoms. The van der Waals surface area contributed by atoms with Crippen molar-refractivity contribution in [2.45, 2.75) is 6.18 Å². The molecule has 9 heteroatoms. The second-order valence-corrected chi connectivity index (χ2v) is 2.97. The lowest BCUT2D eigenvalue weighted by atomic mass is 10.6. The molecule has 0 atom stereocenters. The monoisotopic (exact) mass is 221 g/mol. The maximum atomic E-state index is 12.1. The van der Waals surface area contributed by atoms with Crippen LogP contribution in [0.2, 0.25) is 0 Å². The lowest BCUT2D eigenvalue weighted by Crippen LogP contribution is -2.07. The summed E-state index contributed by atoms with van der Waals surface area (Å²) in [5, 5.41) is 3.66. The smallest absolute Gasteiger partial charge is 0.223 e. The van der Waals surface area contributed by atoms with Crippen LogP contribution in [0.25, 0.3) is 5.13 Å². The molecule has 0 saturated carbocycles. The van der Waals surface area contributed by atoms with Crippen molar-refractivity contribution >= 4 is 11.5 Å². The maximum absolute atomic E-state index is 12.1. The molecule has 0 bridgehead atoms. The number of hydrogen-bond acceptors (Lipinski definition) is 5. The Bertz CT molecular complexity index is 419. The molecule has 0 aliphatic rings. The molecule has 0 spiro atoms. The fraction of sp³-hybridized carbons (Fsp3) is 0.200. The summed E-state index contributed by atoms with van der Waals surface area (Å²) in [5.74, 6) is -1.16. The van der Waals surface area contributed by atoms with Crippen LogP contribution in [-0.2, 0) is 6.18 Å². The van der Waals surface area contributed by atoms with Gasteiger partial charge in [0, 0.05) is 11.5 Å². The molecule has 2 aromatic heterocycles. The first-order valence-electron chi connectivity index (χ1n) is 3.33. The minimum atomic E-state index is -4.52.